The van der Waals surface area contributed by atoms with Crippen molar-refractivity contribution >= 4 is 5.91 Å². The standard InChI is InChI=1S/C13H24N2O2/c1-10(16)8-12-5-3-7-15(12)13(17)11-4-2-6-14-9-11/h10-12,14,16H,2-9H2,1H3. The van der Waals surface area contributed by atoms with Crippen LogP contribution in [0.1, 0.15) is 39.0 Å². The molecule has 3 unspecified atom stereocenters. The Morgan fingerprint density at radius 3 is 2.94 bits per heavy atom. The highest BCUT2D eigenvalue weighted by Gasteiger charge is 2.33. The number of nitrogens with zero attached hydrogens (tertiary/aromatic N) is 1. The fourth-order valence-corrected chi connectivity index (χ4v) is 3.06. The maximum atomic E-state index is 12.4. The molecule has 0 saturated carbocycles. The summed E-state index contributed by atoms with van der Waals surface area (Å²) in [5.74, 6) is 0.471. The van der Waals surface area contributed by atoms with Crippen LogP contribution in [0.4, 0.5) is 0 Å². The zero-order valence-electron chi connectivity index (χ0n) is 10.7. The van der Waals surface area contributed by atoms with Crippen LogP contribution in [0.2, 0.25) is 0 Å². The largest absolute Gasteiger partial charge is 0.393 e. The number of nitrogens with one attached hydrogen (secondary N) is 1. The van der Waals surface area contributed by atoms with Crippen molar-refractivity contribution in [2.45, 2.75) is 51.2 Å². The molecule has 4 nitrogen and oxygen atoms in total. The first-order valence-corrected chi connectivity index (χ1v) is 6.87. The van der Waals surface area contributed by atoms with Crippen molar-refractivity contribution in [3.63, 3.8) is 0 Å². The number of amides is 1. The van der Waals surface area contributed by atoms with Gasteiger partial charge >= 0.3 is 0 Å². The average molecular weight is 240 g/mol. The molecule has 0 aliphatic carbocycles. The second-order valence-electron chi connectivity index (χ2n) is 5.46. The molecule has 2 saturated heterocycles. The van der Waals surface area contributed by atoms with Gasteiger partial charge in [-0.05, 0) is 45.6 Å². The predicted octanol–water partition coefficient (Wildman–Crippen LogP) is 0.748. The molecule has 2 fully saturated rings. The summed E-state index contributed by atoms with van der Waals surface area (Å²) in [5, 5.41) is 12.8. The van der Waals surface area contributed by atoms with Gasteiger partial charge in [0.15, 0.2) is 0 Å². The Hall–Kier alpha value is -0.610. The Kier molecular flexibility index (Phi) is 4.40. The molecule has 3 atom stereocenters. The Labute approximate surface area is 103 Å². The zero-order valence-corrected chi connectivity index (χ0v) is 10.7. The molecule has 2 aliphatic rings. The van der Waals surface area contributed by atoms with Crippen LogP contribution in [0.15, 0.2) is 0 Å². The summed E-state index contributed by atoms with van der Waals surface area (Å²) in [4.78, 5) is 14.4. The third kappa shape index (κ3) is 3.19. The molecule has 0 aromatic carbocycles. The van der Waals surface area contributed by atoms with E-state index in [9.17, 15) is 9.90 Å². The van der Waals surface area contributed by atoms with Gasteiger partial charge in [0.25, 0.3) is 0 Å². The number of likely N-dealkylation sites (tertiary alicyclic amines) is 1. The molecule has 0 aromatic heterocycles. The quantitative estimate of drug-likeness (QED) is 0.765. The molecular weight excluding hydrogens is 216 g/mol. The number of rotatable bonds is 3. The second kappa shape index (κ2) is 5.83. The van der Waals surface area contributed by atoms with Gasteiger partial charge < -0.3 is 15.3 Å². The molecule has 0 radical (unpaired) electrons. The molecule has 0 aromatic rings. The molecule has 2 N–H and O–H groups in total. The van der Waals surface area contributed by atoms with Crippen molar-refractivity contribution in [3.8, 4) is 0 Å². The van der Waals surface area contributed by atoms with Gasteiger partial charge in [-0.1, -0.05) is 0 Å². The van der Waals surface area contributed by atoms with Crippen LogP contribution < -0.4 is 5.32 Å². The molecule has 0 bridgehead atoms. The predicted molar refractivity (Wildman–Crippen MR) is 66.6 cm³/mol. The van der Waals surface area contributed by atoms with Gasteiger partial charge in [-0.25, -0.2) is 0 Å². The van der Waals surface area contributed by atoms with Gasteiger partial charge in [0.1, 0.15) is 0 Å². The van der Waals surface area contributed by atoms with E-state index in [1.807, 2.05) is 11.8 Å². The molecular formula is C13H24N2O2. The molecule has 1 amide bonds. The minimum Gasteiger partial charge on any atom is -0.393 e. The molecule has 2 aliphatic heterocycles. The normalized spacial score (nSPS) is 31.5. The van der Waals surface area contributed by atoms with E-state index in [4.69, 9.17) is 0 Å². The Morgan fingerprint density at radius 1 is 1.47 bits per heavy atom. The summed E-state index contributed by atoms with van der Waals surface area (Å²) in [6, 6.07) is 0.268. The second-order valence-corrected chi connectivity index (χ2v) is 5.46. The fourth-order valence-electron chi connectivity index (χ4n) is 3.06. The zero-order chi connectivity index (χ0) is 12.3. The Bertz CT molecular complexity index is 262. The van der Waals surface area contributed by atoms with Crippen molar-refractivity contribution in [1.82, 2.24) is 10.2 Å². The summed E-state index contributed by atoms with van der Waals surface area (Å²) >= 11 is 0. The lowest BCUT2D eigenvalue weighted by Crippen LogP contribution is -2.45. The highest BCUT2D eigenvalue weighted by molar-refractivity contribution is 5.79. The van der Waals surface area contributed by atoms with Crippen LogP contribution >= 0.6 is 0 Å². The summed E-state index contributed by atoms with van der Waals surface area (Å²) < 4.78 is 0. The van der Waals surface area contributed by atoms with Crippen LogP contribution in [-0.4, -0.2) is 47.7 Å². The van der Waals surface area contributed by atoms with Gasteiger partial charge in [0.2, 0.25) is 5.91 Å². The topological polar surface area (TPSA) is 52.6 Å². The van der Waals surface area contributed by atoms with Crippen LogP contribution in [0.5, 0.6) is 0 Å². The summed E-state index contributed by atoms with van der Waals surface area (Å²) in [5.41, 5.74) is 0. The minimum atomic E-state index is -0.308. The van der Waals surface area contributed by atoms with E-state index in [0.29, 0.717) is 5.91 Å². The number of hydrogen-bond donors (Lipinski definition) is 2. The Morgan fingerprint density at radius 2 is 2.29 bits per heavy atom. The number of aliphatic hydroxyl groups is 1. The average Bonchev–Trinajstić information content (AvgIpc) is 2.76. The SMILES string of the molecule is CC(O)CC1CCCN1C(=O)C1CCCNC1. The van der Waals surface area contributed by atoms with Crippen LogP contribution in [-0.2, 0) is 4.79 Å². The summed E-state index contributed by atoms with van der Waals surface area (Å²) in [7, 11) is 0. The van der Waals surface area contributed by atoms with E-state index in [-0.39, 0.29) is 18.1 Å². The van der Waals surface area contributed by atoms with Crippen LogP contribution in [0.25, 0.3) is 0 Å². The summed E-state index contributed by atoms with van der Waals surface area (Å²) in [6.07, 6.45) is 4.68. The minimum absolute atomic E-state index is 0.165. The molecule has 17 heavy (non-hydrogen) atoms. The number of piperidine rings is 1. The van der Waals surface area contributed by atoms with E-state index in [0.717, 1.165) is 51.7 Å². The van der Waals surface area contributed by atoms with E-state index in [1.165, 1.54) is 0 Å². The molecule has 0 spiro atoms. The first kappa shape index (κ1) is 12.8. The maximum absolute atomic E-state index is 12.4. The van der Waals surface area contributed by atoms with Crippen LogP contribution in [0.3, 0.4) is 0 Å². The first-order valence-electron chi connectivity index (χ1n) is 6.87. The lowest BCUT2D eigenvalue weighted by atomic mass is 9.97. The third-order valence-corrected chi connectivity index (χ3v) is 3.92. The van der Waals surface area contributed by atoms with E-state index in [2.05, 4.69) is 5.32 Å². The molecule has 98 valence electrons. The van der Waals surface area contributed by atoms with Crippen molar-refractivity contribution in [2.24, 2.45) is 5.92 Å². The lowest BCUT2D eigenvalue weighted by Gasteiger charge is -2.31. The highest BCUT2D eigenvalue weighted by Crippen LogP contribution is 2.25. The number of carbonyl (C=O) groups excluding carboxylic acids is 1. The maximum Gasteiger partial charge on any atom is 0.227 e. The van der Waals surface area contributed by atoms with Gasteiger partial charge in [-0.3, -0.25) is 4.79 Å². The lowest BCUT2D eigenvalue weighted by molar-refractivity contribution is -0.137. The molecule has 2 heterocycles. The number of aliphatic hydroxyl groups excluding tert-OH is 1. The monoisotopic (exact) mass is 240 g/mol. The Balaban J connectivity index is 1.92. The van der Waals surface area contributed by atoms with Crippen molar-refractivity contribution in [2.75, 3.05) is 19.6 Å². The molecule has 2 rings (SSSR count). The smallest absolute Gasteiger partial charge is 0.227 e. The number of carbonyl (C=O) groups is 1. The van der Waals surface area contributed by atoms with Gasteiger partial charge in [-0.15, -0.1) is 0 Å². The number of hydrogen-bond acceptors (Lipinski definition) is 3. The van der Waals surface area contributed by atoms with Crippen molar-refractivity contribution in [1.29, 1.82) is 0 Å². The first-order chi connectivity index (χ1) is 8.18. The highest BCUT2D eigenvalue weighted by atomic mass is 16.3. The van der Waals surface area contributed by atoms with Gasteiger partial charge in [0, 0.05) is 19.1 Å². The van der Waals surface area contributed by atoms with Gasteiger partial charge in [-0.2, -0.15) is 0 Å². The van der Waals surface area contributed by atoms with Gasteiger partial charge in [0.05, 0.1) is 12.0 Å². The third-order valence-electron chi connectivity index (χ3n) is 3.92. The van der Waals surface area contributed by atoms with E-state index in [1.54, 1.807) is 0 Å². The molecule has 4 heteroatoms. The van der Waals surface area contributed by atoms with Crippen molar-refractivity contribution < 1.29 is 9.90 Å². The van der Waals surface area contributed by atoms with E-state index >= 15 is 0 Å². The van der Waals surface area contributed by atoms with E-state index < -0.39 is 0 Å². The van der Waals surface area contributed by atoms with Crippen LogP contribution in [0, 0.1) is 5.92 Å². The summed E-state index contributed by atoms with van der Waals surface area (Å²) in [6.45, 7) is 4.56. The van der Waals surface area contributed by atoms with Crippen molar-refractivity contribution in [3.05, 3.63) is 0 Å². The fraction of sp³-hybridized carbons (Fsp3) is 0.923.